The van der Waals surface area contributed by atoms with Crippen LogP contribution in [0, 0.1) is 6.92 Å². The first-order valence-electron chi connectivity index (χ1n) is 9.76. The van der Waals surface area contributed by atoms with Gasteiger partial charge in [0.25, 0.3) is 5.91 Å². The highest BCUT2D eigenvalue weighted by molar-refractivity contribution is 6.02. The number of hydrogen-bond acceptors (Lipinski definition) is 7. The molecule has 0 radical (unpaired) electrons. The Morgan fingerprint density at radius 2 is 1.97 bits per heavy atom. The second-order valence-electron chi connectivity index (χ2n) is 8.88. The van der Waals surface area contributed by atoms with Gasteiger partial charge in [-0.15, -0.1) is 0 Å². The summed E-state index contributed by atoms with van der Waals surface area (Å²) in [6.45, 7) is 7.66. The molecule has 1 amide bonds. The van der Waals surface area contributed by atoms with Gasteiger partial charge in [0, 0.05) is 11.0 Å². The second kappa shape index (κ2) is 5.67. The summed E-state index contributed by atoms with van der Waals surface area (Å²) in [6.07, 6.45) is 5.09. The van der Waals surface area contributed by atoms with Gasteiger partial charge in [-0.25, -0.2) is 9.97 Å². The zero-order valence-corrected chi connectivity index (χ0v) is 16.9. The normalized spacial score (nSPS) is 25.8. The van der Waals surface area contributed by atoms with Crippen molar-refractivity contribution in [3.63, 3.8) is 0 Å². The second-order valence-corrected chi connectivity index (χ2v) is 8.88. The van der Waals surface area contributed by atoms with Gasteiger partial charge in [-0.3, -0.25) is 15.0 Å². The number of nitrogens with one attached hydrogen (secondary N) is 1. The lowest BCUT2D eigenvalue weighted by atomic mass is 9.95. The molecule has 8 heteroatoms. The number of ether oxygens (including phenoxy) is 2. The number of aryl methyl sites for hydroxylation is 1. The molecule has 5 rings (SSSR count). The van der Waals surface area contributed by atoms with E-state index in [1.807, 2.05) is 19.1 Å². The summed E-state index contributed by atoms with van der Waals surface area (Å²) in [4.78, 5) is 22.5. The fraction of sp³-hybridized carbons (Fsp3) is 0.476. The van der Waals surface area contributed by atoms with E-state index in [0.29, 0.717) is 12.5 Å². The number of amides is 1. The summed E-state index contributed by atoms with van der Waals surface area (Å²) >= 11 is 0. The van der Waals surface area contributed by atoms with E-state index in [-0.39, 0.29) is 17.1 Å². The quantitative estimate of drug-likeness (QED) is 0.822. The minimum absolute atomic E-state index is 0.0714. The van der Waals surface area contributed by atoms with Gasteiger partial charge in [0.15, 0.2) is 5.82 Å². The number of anilines is 1. The summed E-state index contributed by atoms with van der Waals surface area (Å²) in [5.74, 6) is 0.383. The fourth-order valence-electron chi connectivity index (χ4n) is 4.37. The van der Waals surface area contributed by atoms with Crippen LogP contribution in [0.5, 0.6) is 17.4 Å². The maximum Gasteiger partial charge on any atom is 0.251 e. The number of carbonyl (C=O) groups excluding carboxylic acids is 1. The smallest absolute Gasteiger partial charge is 0.251 e. The number of aliphatic hydroxyl groups is 1. The van der Waals surface area contributed by atoms with E-state index in [1.165, 1.54) is 24.2 Å². The molecule has 2 aromatic rings. The molecule has 29 heavy (non-hydrogen) atoms. The monoisotopic (exact) mass is 396 g/mol. The Kier molecular flexibility index (Phi) is 3.58. The Bertz CT molecular complexity index is 1010. The van der Waals surface area contributed by atoms with Crippen LogP contribution in [-0.4, -0.2) is 39.0 Å². The van der Waals surface area contributed by atoms with Gasteiger partial charge >= 0.3 is 0 Å². The third-order valence-corrected chi connectivity index (χ3v) is 5.97. The van der Waals surface area contributed by atoms with Gasteiger partial charge in [0.1, 0.15) is 11.5 Å². The Balaban J connectivity index is 1.43. The Labute approximate surface area is 168 Å². The SMILES string of the molecule is Cc1ccc(Oc2cnc(N3C(=O)C(C)(C)NC3(C)O)cn2)c2c1OCC21CC1. The molecule has 152 valence electrons. The number of fused-ring (bicyclic) bond motifs is 2. The van der Waals surface area contributed by atoms with E-state index >= 15 is 0 Å². The average molecular weight is 396 g/mol. The molecule has 8 nitrogen and oxygen atoms in total. The van der Waals surface area contributed by atoms with Crippen molar-refractivity contribution < 1.29 is 19.4 Å². The highest BCUT2D eigenvalue weighted by Gasteiger charge is 2.54. The van der Waals surface area contributed by atoms with E-state index in [0.717, 1.165) is 35.5 Å². The molecular weight excluding hydrogens is 372 g/mol. The number of nitrogens with zero attached hydrogens (tertiary/aromatic N) is 3. The van der Waals surface area contributed by atoms with Crippen molar-refractivity contribution in [1.82, 2.24) is 15.3 Å². The molecule has 1 atom stereocenters. The van der Waals surface area contributed by atoms with Crippen molar-refractivity contribution in [1.29, 1.82) is 0 Å². The van der Waals surface area contributed by atoms with Gasteiger partial charge in [-0.1, -0.05) is 6.07 Å². The van der Waals surface area contributed by atoms with Crippen LogP contribution in [0.3, 0.4) is 0 Å². The minimum Gasteiger partial charge on any atom is -0.492 e. The molecule has 0 bridgehead atoms. The van der Waals surface area contributed by atoms with Gasteiger partial charge in [-0.05, 0) is 52.2 Å². The Morgan fingerprint density at radius 3 is 2.55 bits per heavy atom. The molecule has 1 saturated carbocycles. The molecule has 2 fully saturated rings. The van der Waals surface area contributed by atoms with Gasteiger partial charge in [-0.2, -0.15) is 0 Å². The molecule has 3 heterocycles. The molecule has 1 spiro atoms. The van der Waals surface area contributed by atoms with Crippen LogP contribution in [0.25, 0.3) is 0 Å². The highest BCUT2D eigenvalue weighted by atomic mass is 16.5. The Hall–Kier alpha value is -2.71. The first kappa shape index (κ1) is 18.3. The van der Waals surface area contributed by atoms with Crippen molar-refractivity contribution in [2.75, 3.05) is 11.5 Å². The third kappa shape index (κ3) is 2.70. The van der Waals surface area contributed by atoms with E-state index in [9.17, 15) is 9.90 Å². The Morgan fingerprint density at radius 1 is 1.21 bits per heavy atom. The van der Waals surface area contributed by atoms with E-state index in [1.54, 1.807) is 13.8 Å². The lowest BCUT2D eigenvalue weighted by molar-refractivity contribution is -0.121. The molecular formula is C21H24N4O4. The molecule has 3 aliphatic rings. The molecule has 1 aliphatic carbocycles. The number of hydrogen-bond donors (Lipinski definition) is 2. The van der Waals surface area contributed by atoms with Crippen LogP contribution >= 0.6 is 0 Å². The van der Waals surface area contributed by atoms with Crippen molar-refractivity contribution in [2.24, 2.45) is 0 Å². The first-order chi connectivity index (χ1) is 13.6. The van der Waals surface area contributed by atoms with E-state index in [4.69, 9.17) is 9.47 Å². The lowest BCUT2D eigenvalue weighted by Crippen LogP contribution is -2.51. The summed E-state index contributed by atoms with van der Waals surface area (Å²) in [6, 6.07) is 3.92. The van der Waals surface area contributed by atoms with Crippen LogP contribution < -0.4 is 19.7 Å². The van der Waals surface area contributed by atoms with Gasteiger partial charge < -0.3 is 14.6 Å². The zero-order chi connectivity index (χ0) is 20.6. The molecule has 1 unspecified atom stereocenters. The number of rotatable bonds is 3. The summed E-state index contributed by atoms with van der Waals surface area (Å²) < 4.78 is 12.0. The van der Waals surface area contributed by atoms with E-state index in [2.05, 4.69) is 15.3 Å². The average Bonchev–Trinajstić information content (AvgIpc) is 3.27. The predicted octanol–water partition coefficient (Wildman–Crippen LogP) is 2.38. The van der Waals surface area contributed by atoms with Crippen LogP contribution in [-0.2, 0) is 10.2 Å². The lowest BCUT2D eigenvalue weighted by Gasteiger charge is -2.28. The molecule has 2 aliphatic heterocycles. The van der Waals surface area contributed by atoms with Gasteiger partial charge in [0.2, 0.25) is 11.7 Å². The standard InChI is InChI=1S/C21H24N4O4/c1-12-5-6-13(16-17(12)28-11-21(16)7-8-21)29-15-10-22-14(9-23-15)25-18(26)19(2,3)24-20(25,4)27/h5-6,9-10,24,27H,7-8,11H2,1-4H3. The summed E-state index contributed by atoms with van der Waals surface area (Å²) in [7, 11) is 0. The topological polar surface area (TPSA) is 96.8 Å². The van der Waals surface area contributed by atoms with Crippen LogP contribution in [0.1, 0.15) is 44.7 Å². The van der Waals surface area contributed by atoms with Crippen LogP contribution in [0.15, 0.2) is 24.5 Å². The maximum atomic E-state index is 12.6. The number of benzene rings is 1. The van der Waals surface area contributed by atoms with Crippen molar-refractivity contribution in [2.45, 2.75) is 57.3 Å². The molecule has 1 saturated heterocycles. The molecule has 2 N–H and O–H groups in total. The largest absolute Gasteiger partial charge is 0.492 e. The highest BCUT2D eigenvalue weighted by Crippen LogP contribution is 2.59. The van der Waals surface area contributed by atoms with Crippen molar-refractivity contribution in [3.05, 3.63) is 35.7 Å². The number of carbonyl (C=O) groups is 1. The first-order valence-corrected chi connectivity index (χ1v) is 9.76. The van der Waals surface area contributed by atoms with Gasteiger partial charge in [0.05, 0.1) is 24.5 Å². The summed E-state index contributed by atoms with van der Waals surface area (Å²) in [5, 5.41) is 13.5. The fourth-order valence-corrected chi connectivity index (χ4v) is 4.37. The van der Waals surface area contributed by atoms with Crippen LogP contribution in [0.4, 0.5) is 5.82 Å². The third-order valence-electron chi connectivity index (χ3n) is 5.97. The zero-order valence-electron chi connectivity index (χ0n) is 16.9. The number of aromatic nitrogens is 2. The maximum absolute atomic E-state index is 12.6. The predicted molar refractivity (Wildman–Crippen MR) is 105 cm³/mol. The van der Waals surface area contributed by atoms with Crippen molar-refractivity contribution in [3.8, 4) is 17.4 Å². The van der Waals surface area contributed by atoms with E-state index < -0.39 is 11.4 Å². The molecule has 1 aromatic heterocycles. The van der Waals surface area contributed by atoms with Crippen molar-refractivity contribution >= 4 is 11.7 Å². The van der Waals surface area contributed by atoms with Crippen LogP contribution in [0.2, 0.25) is 0 Å². The summed E-state index contributed by atoms with van der Waals surface area (Å²) in [5.41, 5.74) is 1.39. The minimum atomic E-state index is -1.55. The molecule has 1 aromatic carbocycles.